The molecule has 2 aliphatic rings. The van der Waals surface area contributed by atoms with Gasteiger partial charge in [-0.25, -0.2) is 4.68 Å². The minimum atomic E-state index is 0.381. The first-order valence-corrected chi connectivity index (χ1v) is 9.66. The second-order valence-corrected chi connectivity index (χ2v) is 8.17. The van der Waals surface area contributed by atoms with Crippen LogP contribution in [0.25, 0.3) is 5.95 Å². The first kappa shape index (κ1) is 16.0. The van der Waals surface area contributed by atoms with Crippen LogP contribution in [0.15, 0.2) is 12.4 Å². The van der Waals surface area contributed by atoms with E-state index >= 15 is 0 Å². The topological polar surface area (TPSA) is 80.5 Å². The number of aromatic nitrogens is 5. The minimum absolute atomic E-state index is 0.381. The largest absolute Gasteiger partial charge is 0.351 e. The molecule has 2 heterocycles. The monoisotopic (exact) mass is 439 g/mol. The van der Waals surface area contributed by atoms with Crippen molar-refractivity contribution in [3.8, 4) is 5.95 Å². The van der Waals surface area contributed by atoms with Crippen LogP contribution in [-0.2, 0) is 0 Å². The molecule has 7 nitrogen and oxygen atoms in total. The molecule has 2 aromatic heterocycles. The van der Waals surface area contributed by atoms with Crippen LogP contribution in [0.4, 0.5) is 11.9 Å². The highest BCUT2D eigenvalue weighted by Crippen LogP contribution is 2.34. The van der Waals surface area contributed by atoms with Crippen molar-refractivity contribution >= 4 is 34.5 Å². The zero-order chi connectivity index (χ0) is 16.7. The Balaban J connectivity index is 1.61. The van der Waals surface area contributed by atoms with Crippen molar-refractivity contribution in [2.45, 2.75) is 51.6 Å². The van der Waals surface area contributed by atoms with Gasteiger partial charge in [-0.2, -0.15) is 20.1 Å². The van der Waals surface area contributed by atoms with E-state index in [4.69, 9.17) is 0 Å². The highest BCUT2D eigenvalue weighted by molar-refractivity contribution is 14.1. The van der Waals surface area contributed by atoms with Crippen molar-refractivity contribution in [3.05, 3.63) is 16.0 Å². The van der Waals surface area contributed by atoms with Gasteiger partial charge in [-0.05, 0) is 74.0 Å². The van der Waals surface area contributed by atoms with Crippen LogP contribution >= 0.6 is 22.6 Å². The maximum absolute atomic E-state index is 4.58. The van der Waals surface area contributed by atoms with Crippen molar-refractivity contribution in [1.82, 2.24) is 24.7 Å². The lowest BCUT2D eigenvalue weighted by Gasteiger charge is -2.16. The fraction of sp³-hybridized carbons (Fsp3) is 0.625. The molecule has 128 valence electrons. The first-order chi connectivity index (χ1) is 11.6. The summed E-state index contributed by atoms with van der Waals surface area (Å²) in [6, 6.07) is 0.762. The molecule has 2 fully saturated rings. The Bertz CT molecular complexity index is 685. The molecule has 24 heavy (non-hydrogen) atoms. The summed E-state index contributed by atoms with van der Waals surface area (Å²) in [6.07, 6.45) is 8.85. The van der Waals surface area contributed by atoms with Gasteiger partial charge in [0.05, 0.1) is 9.77 Å². The number of anilines is 2. The molecule has 0 amide bonds. The summed E-state index contributed by atoms with van der Waals surface area (Å²) >= 11 is 2.23. The number of hydrogen-bond donors (Lipinski definition) is 2. The molecule has 0 bridgehead atoms. The summed E-state index contributed by atoms with van der Waals surface area (Å²) in [6.45, 7) is 4.38. The molecule has 0 aromatic carbocycles. The van der Waals surface area contributed by atoms with Crippen LogP contribution < -0.4 is 10.6 Å². The average molecular weight is 439 g/mol. The van der Waals surface area contributed by atoms with Gasteiger partial charge in [-0.15, -0.1) is 0 Å². The Morgan fingerprint density at radius 2 is 1.54 bits per heavy atom. The molecule has 0 radical (unpaired) electrons. The third-order valence-corrected chi connectivity index (χ3v) is 5.31. The molecule has 0 spiro atoms. The van der Waals surface area contributed by atoms with Gasteiger partial charge in [0, 0.05) is 18.3 Å². The molecular formula is C16H22IN7. The fourth-order valence-electron chi connectivity index (χ4n) is 2.84. The smallest absolute Gasteiger partial charge is 0.257 e. The summed E-state index contributed by atoms with van der Waals surface area (Å²) in [5.41, 5.74) is 0. The number of halogens is 1. The van der Waals surface area contributed by atoms with Gasteiger partial charge in [0.25, 0.3) is 5.95 Å². The van der Waals surface area contributed by atoms with Gasteiger partial charge in [0.2, 0.25) is 11.9 Å². The highest BCUT2D eigenvalue weighted by Gasteiger charge is 2.30. The van der Waals surface area contributed by atoms with Crippen LogP contribution in [0.5, 0.6) is 0 Å². The lowest BCUT2D eigenvalue weighted by Crippen LogP contribution is -2.23. The van der Waals surface area contributed by atoms with Gasteiger partial charge in [-0.1, -0.05) is 0 Å². The van der Waals surface area contributed by atoms with E-state index < -0.39 is 0 Å². The second kappa shape index (κ2) is 6.45. The van der Waals surface area contributed by atoms with Crippen LogP contribution in [-0.4, -0.2) is 36.8 Å². The minimum Gasteiger partial charge on any atom is -0.351 e. The van der Waals surface area contributed by atoms with Gasteiger partial charge in [0.1, 0.15) is 0 Å². The third-order valence-electron chi connectivity index (χ3n) is 4.75. The van der Waals surface area contributed by atoms with Gasteiger partial charge in [-0.3, -0.25) is 0 Å². The SMILES string of the molecule is C[C@@H](Nc1nc(N[C@H](C)C2CC2)nc(-n2cc(I)cn2)n1)C1CC1. The Labute approximate surface area is 155 Å². The van der Waals surface area contributed by atoms with Crippen LogP contribution in [0, 0.1) is 15.4 Å². The van der Waals surface area contributed by atoms with E-state index in [2.05, 4.69) is 67.1 Å². The van der Waals surface area contributed by atoms with E-state index in [1.54, 1.807) is 10.9 Å². The summed E-state index contributed by atoms with van der Waals surface area (Å²) in [5, 5.41) is 11.2. The number of rotatable bonds is 7. The standard InChI is InChI=1S/C16H22IN7/c1-9(11-3-4-11)19-14-21-15(20-10(2)12-5-6-12)23-16(22-14)24-8-13(17)7-18-24/h7-12H,3-6H2,1-2H3,(H2,19,20,21,22,23)/t9-,10-/m1/s1. The molecule has 2 atom stereocenters. The van der Waals surface area contributed by atoms with Crippen molar-refractivity contribution in [3.63, 3.8) is 0 Å². The zero-order valence-electron chi connectivity index (χ0n) is 13.9. The molecule has 4 rings (SSSR count). The zero-order valence-corrected chi connectivity index (χ0v) is 16.1. The van der Waals surface area contributed by atoms with Gasteiger partial charge < -0.3 is 10.6 Å². The van der Waals surface area contributed by atoms with E-state index in [0.717, 1.165) is 15.4 Å². The van der Waals surface area contributed by atoms with E-state index in [1.165, 1.54) is 25.7 Å². The van der Waals surface area contributed by atoms with Crippen molar-refractivity contribution < 1.29 is 0 Å². The number of nitrogens with zero attached hydrogens (tertiary/aromatic N) is 5. The normalized spacial score (nSPS) is 19.8. The Morgan fingerprint density at radius 3 is 1.96 bits per heavy atom. The summed E-state index contributed by atoms with van der Waals surface area (Å²) in [4.78, 5) is 13.7. The Kier molecular flexibility index (Phi) is 4.31. The molecular weight excluding hydrogens is 417 g/mol. The predicted octanol–water partition coefficient (Wildman–Crippen LogP) is 3.08. The predicted molar refractivity (Wildman–Crippen MR) is 101 cm³/mol. The molecule has 0 aliphatic heterocycles. The summed E-state index contributed by atoms with van der Waals surface area (Å²) in [7, 11) is 0. The van der Waals surface area contributed by atoms with E-state index in [9.17, 15) is 0 Å². The van der Waals surface area contributed by atoms with Crippen LogP contribution in [0.3, 0.4) is 0 Å². The Hall–Kier alpha value is -1.45. The van der Waals surface area contributed by atoms with Gasteiger partial charge >= 0.3 is 0 Å². The van der Waals surface area contributed by atoms with Gasteiger partial charge in [0.15, 0.2) is 0 Å². The molecule has 2 aromatic rings. The molecule has 0 unspecified atom stereocenters. The third kappa shape index (κ3) is 3.79. The molecule has 8 heteroatoms. The second-order valence-electron chi connectivity index (χ2n) is 6.93. The number of nitrogens with one attached hydrogen (secondary N) is 2. The lowest BCUT2D eigenvalue weighted by molar-refractivity contribution is 0.671. The van der Waals surface area contributed by atoms with Crippen LogP contribution in [0.2, 0.25) is 0 Å². The molecule has 2 saturated carbocycles. The molecule has 2 N–H and O–H groups in total. The summed E-state index contributed by atoms with van der Waals surface area (Å²) < 4.78 is 2.75. The first-order valence-electron chi connectivity index (χ1n) is 8.58. The van der Waals surface area contributed by atoms with E-state index in [1.807, 2.05) is 6.20 Å². The maximum atomic E-state index is 4.58. The van der Waals surface area contributed by atoms with Crippen molar-refractivity contribution in [2.75, 3.05) is 10.6 Å². The average Bonchev–Trinajstić information content (AvgIpc) is 3.45. The van der Waals surface area contributed by atoms with Crippen LogP contribution in [0.1, 0.15) is 39.5 Å². The lowest BCUT2D eigenvalue weighted by atomic mass is 10.2. The Morgan fingerprint density at radius 1 is 1.00 bits per heavy atom. The maximum Gasteiger partial charge on any atom is 0.257 e. The van der Waals surface area contributed by atoms with E-state index in [-0.39, 0.29) is 0 Å². The molecule has 0 saturated heterocycles. The van der Waals surface area contributed by atoms with E-state index in [0.29, 0.717) is 29.9 Å². The quantitative estimate of drug-likeness (QED) is 0.646. The van der Waals surface area contributed by atoms with Crippen molar-refractivity contribution in [1.29, 1.82) is 0 Å². The van der Waals surface area contributed by atoms with Crippen molar-refractivity contribution in [2.24, 2.45) is 11.8 Å². The summed E-state index contributed by atoms with van der Waals surface area (Å²) in [5.74, 6) is 3.25. The molecule has 2 aliphatic carbocycles. The highest BCUT2D eigenvalue weighted by atomic mass is 127. The fourth-order valence-corrected chi connectivity index (χ4v) is 3.23. The number of hydrogen-bond acceptors (Lipinski definition) is 6.